The van der Waals surface area contributed by atoms with Gasteiger partial charge < -0.3 is 15.4 Å². The van der Waals surface area contributed by atoms with Crippen LogP contribution >= 0.6 is 0 Å². The molecule has 4 heteroatoms. The monoisotopic (exact) mass is 278 g/mol. The van der Waals surface area contributed by atoms with Crippen LogP contribution in [-0.2, 0) is 16.1 Å². The zero-order valence-electron chi connectivity index (χ0n) is 12.9. The molecule has 0 saturated carbocycles. The molecule has 1 aromatic rings. The number of carbonyl (C=O) groups excluding carboxylic acids is 1. The number of amides is 1. The molecular formula is C16H26N2O2. The van der Waals surface area contributed by atoms with Gasteiger partial charge in [-0.1, -0.05) is 32.9 Å². The van der Waals surface area contributed by atoms with Gasteiger partial charge in [0.2, 0.25) is 5.91 Å². The summed E-state index contributed by atoms with van der Waals surface area (Å²) in [5.74, 6) is 0.259. The lowest BCUT2D eigenvalue weighted by Gasteiger charge is -2.12. The van der Waals surface area contributed by atoms with Gasteiger partial charge >= 0.3 is 0 Å². The van der Waals surface area contributed by atoms with Crippen molar-refractivity contribution in [1.29, 1.82) is 0 Å². The summed E-state index contributed by atoms with van der Waals surface area (Å²) in [7, 11) is 1.65. The molecule has 1 atom stereocenters. The van der Waals surface area contributed by atoms with Gasteiger partial charge in [0, 0.05) is 38.4 Å². The first-order valence-corrected chi connectivity index (χ1v) is 7.12. The molecule has 112 valence electrons. The first-order valence-electron chi connectivity index (χ1n) is 7.12. The second kappa shape index (κ2) is 8.72. The van der Waals surface area contributed by atoms with Crippen molar-refractivity contribution in [2.24, 2.45) is 5.92 Å². The summed E-state index contributed by atoms with van der Waals surface area (Å²) in [5, 5.41) is 6.30. The van der Waals surface area contributed by atoms with E-state index in [0.717, 1.165) is 12.2 Å². The van der Waals surface area contributed by atoms with Crippen molar-refractivity contribution in [2.45, 2.75) is 39.8 Å². The van der Waals surface area contributed by atoms with Gasteiger partial charge in [0.05, 0.1) is 0 Å². The van der Waals surface area contributed by atoms with Gasteiger partial charge in [0.25, 0.3) is 0 Å². The number of nitrogens with one attached hydrogen (secondary N) is 2. The Morgan fingerprint density at radius 1 is 1.30 bits per heavy atom. The molecule has 0 heterocycles. The number of rotatable bonds is 8. The summed E-state index contributed by atoms with van der Waals surface area (Å²) >= 11 is 0. The van der Waals surface area contributed by atoms with Gasteiger partial charge in [-0.05, 0) is 23.6 Å². The third kappa shape index (κ3) is 6.68. The maximum absolute atomic E-state index is 11.9. The van der Waals surface area contributed by atoms with Crippen molar-refractivity contribution in [2.75, 3.05) is 19.0 Å². The highest BCUT2D eigenvalue weighted by Gasteiger charge is 2.09. The van der Waals surface area contributed by atoms with E-state index >= 15 is 0 Å². The average Bonchev–Trinajstić information content (AvgIpc) is 2.36. The van der Waals surface area contributed by atoms with Crippen LogP contribution in [0.3, 0.4) is 0 Å². The van der Waals surface area contributed by atoms with E-state index in [1.54, 1.807) is 7.11 Å². The van der Waals surface area contributed by atoms with Crippen LogP contribution < -0.4 is 10.6 Å². The van der Waals surface area contributed by atoms with Crippen molar-refractivity contribution < 1.29 is 9.53 Å². The average molecular weight is 278 g/mol. The first kappa shape index (κ1) is 16.7. The molecule has 0 fully saturated rings. The largest absolute Gasteiger partial charge is 0.384 e. The van der Waals surface area contributed by atoms with Gasteiger partial charge in [-0.15, -0.1) is 0 Å². The first-order chi connectivity index (χ1) is 9.51. The van der Waals surface area contributed by atoms with Gasteiger partial charge in [0.1, 0.15) is 0 Å². The van der Waals surface area contributed by atoms with Crippen LogP contribution in [0.2, 0.25) is 0 Å². The van der Waals surface area contributed by atoms with Crippen molar-refractivity contribution >= 4 is 11.6 Å². The SMILES string of the molecule is COCC(C)CC(=O)Nc1cccc(CNC(C)C)c1. The molecule has 0 radical (unpaired) electrons. The minimum atomic E-state index is 0.0310. The van der Waals surface area contributed by atoms with Crippen LogP contribution in [0.4, 0.5) is 5.69 Å². The van der Waals surface area contributed by atoms with Crippen molar-refractivity contribution in [1.82, 2.24) is 5.32 Å². The summed E-state index contributed by atoms with van der Waals surface area (Å²) in [4.78, 5) is 11.9. The highest BCUT2D eigenvalue weighted by Crippen LogP contribution is 2.12. The molecule has 1 amide bonds. The Bertz CT molecular complexity index is 419. The van der Waals surface area contributed by atoms with Crippen LogP contribution in [-0.4, -0.2) is 25.7 Å². The lowest BCUT2D eigenvalue weighted by molar-refractivity contribution is -0.117. The fourth-order valence-electron chi connectivity index (χ4n) is 1.95. The predicted molar refractivity (Wildman–Crippen MR) is 82.7 cm³/mol. The summed E-state index contributed by atoms with van der Waals surface area (Å²) in [5.41, 5.74) is 2.02. The summed E-state index contributed by atoms with van der Waals surface area (Å²) < 4.78 is 5.04. The van der Waals surface area contributed by atoms with Crippen LogP contribution in [0, 0.1) is 5.92 Å². The minimum absolute atomic E-state index is 0.0310. The number of ether oxygens (including phenoxy) is 1. The highest BCUT2D eigenvalue weighted by atomic mass is 16.5. The van der Waals surface area contributed by atoms with Crippen molar-refractivity contribution in [3.05, 3.63) is 29.8 Å². The van der Waals surface area contributed by atoms with Gasteiger partial charge in [-0.25, -0.2) is 0 Å². The molecule has 0 aromatic heterocycles. The number of hydrogen-bond acceptors (Lipinski definition) is 3. The van der Waals surface area contributed by atoms with E-state index in [1.165, 1.54) is 5.56 Å². The topological polar surface area (TPSA) is 50.4 Å². The quantitative estimate of drug-likeness (QED) is 0.769. The van der Waals surface area contributed by atoms with Crippen LogP contribution in [0.5, 0.6) is 0 Å². The van der Waals surface area contributed by atoms with Crippen LogP contribution in [0.25, 0.3) is 0 Å². The molecule has 20 heavy (non-hydrogen) atoms. The fourth-order valence-corrected chi connectivity index (χ4v) is 1.95. The Labute approximate surface area is 121 Å². The lowest BCUT2D eigenvalue weighted by Crippen LogP contribution is -2.22. The van der Waals surface area contributed by atoms with E-state index in [0.29, 0.717) is 19.1 Å². The van der Waals surface area contributed by atoms with Crippen molar-refractivity contribution in [3.8, 4) is 0 Å². The molecule has 0 spiro atoms. The van der Waals surface area contributed by atoms with E-state index < -0.39 is 0 Å². The Kier molecular flexibility index (Phi) is 7.26. The fraction of sp³-hybridized carbons (Fsp3) is 0.562. The molecule has 4 nitrogen and oxygen atoms in total. The number of benzene rings is 1. The van der Waals surface area contributed by atoms with Gasteiger partial charge in [-0.3, -0.25) is 4.79 Å². The Morgan fingerprint density at radius 2 is 2.05 bits per heavy atom. The second-order valence-corrected chi connectivity index (χ2v) is 5.55. The van der Waals surface area contributed by atoms with E-state index in [1.807, 2.05) is 25.1 Å². The molecule has 0 aliphatic rings. The molecular weight excluding hydrogens is 252 g/mol. The molecule has 1 aromatic carbocycles. The zero-order valence-corrected chi connectivity index (χ0v) is 12.9. The number of hydrogen-bond donors (Lipinski definition) is 2. The zero-order chi connectivity index (χ0) is 15.0. The normalized spacial score (nSPS) is 12.4. The van der Waals surface area contributed by atoms with Gasteiger partial charge in [0.15, 0.2) is 0 Å². The molecule has 2 N–H and O–H groups in total. The third-order valence-electron chi connectivity index (χ3n) is 2.91. The van der Waals surface area contributed by atoms with Crippen molar-refractivity contribution in [3.63, 3.8) is 0 Å². The maximum atomic E-state index is 11.9. The van der Waals surface area contributed by atoms with E-state index in [2.05, 4.69) is 30.5 Å². The Morgan fingerprint density at radius 3 is 2.70 bits per heavy atom. The maximum Gasteiger partial charge on any atom is 0.224 e. The highest BCUT2D eigenvalue weighted by molar-refractivity contribution is 5.90. The molecule has 0 aliphatic carbocycles. The third-order valence-corrected chi connectivity index (χ3v) is 2.91. The van der Waals surface area contributed by atoms with Crippen LogP contribution in [0.15, 0.2) is 24.3 Å². The molecule has 1 unspecified atom stereocenters. The smallest absolute Gasteiger partial charge is 0.224 e. The predicted octanol–water partition coefficient (Wildman–Crippen LogP) is 2.80. The Hall–Kier alpha value is -1.39. The summed E-state index contributed by atoms with van der Waals surface area (Å²) in [6, 6.07) is 8.39. The molecule has 0 saturated heterocycles. The van der Waals surface area contributed by atoms with E-state index in [9.17, 15) is 4.79 Å². The number of carbonyl (C=O) groups is 1. The molecule has 0 bridgehead atoms. The van der Waals surface area contributed by atoms with E-state index in [4.69, 9.17) is 4.74 Å². The Balaban J connectivity index is 2.50. The summed E-state index contributed by atoms with van der Waals surface area (Å²) in [6.45, 7) is 7.64. The molecule has 1 rings (SSSR count). The summed E-state index contributed by atoms with van der Waals surface area (Å²) in [6.07, 6.45) is 0.475. The van der Waals surface area contributed by atoms with E-state index in [-0.39, 0.29) is 11.8 Å². The molecule has 0 aliphatic heterocycles. The number of anilines is 1. The lowest BCUT2D eigenvalue weighted by atomic mass is 10.1. The minimum Gasteiger partial charge on any atom is -0.384 e. The van der Waals surface area contributed by atoms with Gasteiger partial charge in [-0.2, -0.15) is 0 Å². The van der Waals surface area contributed by atoms with Crippen LogP contribution in [0.1, 0.15) is 32.8 Å². The second-order valence-electron chi connectivity index (χ2n) is 5.55. The number of methoxy groups -OCH3 is 1. The standard InChI is InChI=1S/C16H26N2O2/c1-12(2)17-10-14-6-5-7-15(9-14)18-16(19)8-13(3)11-20-4/h5-7,9,12-13,17H,8,10-11H2,1-4H3,(H,18,19).